The number of hydrogen-bond donors (Lipinski definition) is 0. The van der Waals surface area contributed by atoms with E-state index in [1.165, 1.54) is 130 Å². The molecule has 11 aromatic rings. The molecule has 11 rings (SSSR count). The van der Waals surface area contributed by atoms with Crippen LogP contribution in [0.5, 0.6) is 23.0 Å². The molecule has 0 bridgehead atoms. The summed E-state index contributed by atoms with van der Waals surface area (Å²) in [7, 11) is 0. The summed E-state index contributed by atoms with van der Waals surface area (Å²) in [6.07, 6.45) is 29.2. The van der Waals surface area contributed by atoms with Crippen LogP contribution in [0.2, 0.25) is 0 Å². The van der Waals surface area contributed by atoms with Gasteiger partial charge in [-0.1, -0.05) is 156 Å². The molecule has 542 valence electrons. The van der Waals surface area contributed by atoms with E-state index in [1.54, 1.807) is 75.7 Å². The SMILES string of the molecule is CCCCCCCCOc1c2cc(-c3sc(Cc4cc5c(OCCCCCCCC)c6sc(-c7sc(C)c8c(F)c(C(=O)OCCCCC(=O)OCC)sc78)cc6c(OCCCCCCCC)c5s4)c4cc(C(=O)c5ccc(F)cc5)sc34)sc2c(OCCCCCCCC)c2cc(C)sc12. The Kier molecular flexibility index (Phi) is 28.8. The Bertz CT molecular complexity index is 4400. The van der Waals surface area contributed by atoms with Gasteiger partial charge in [0.25, 0.3) is 0 Å². The first-order valence-electron chi connectivity index (χ1n) is 37.3. The molecule has 0 saturated carbocycles. The molecule has 8 aromatic heterocycles. The van der Waals surface area contributed by atoms with E-state index < -0.39 is 11.8 Å². The van der Waals surface area contributed by atoms with Crippen molar-refractivity contribution in [2.24, 2.45) is 0 Å². The molecule has 0 fully saturated rings. The van der Waals surface area contributed by atoms with Gasteiger partial charge in [-0.05, 0) is 114 Å². The summed E-state index contributed by atoms with van der Waals surface area (Å²) in [5.74, 6) is 1.38. The first-order chi connectivity index (χ1) is 49.3. The van der Waals surface area contributed by atoms with Crippen LogP contribution in [0.4, 0.5) is 8.78 Å². The van der Waals surface area contributed by atoms with Gasteiger partial charge in [0.1, 0.15) is 33.7 Å². The van der Waals surface area contributed by atoms with E-state index in [0.29, 0.717) is 72.8 Å². The highest BCUT2D eigenvalue weighted by molar-refractivity contribution is 7.33. The predicted octanol–water partition coefficient (Wildman–Crippen LogP) is 28.0. The van der Waals surface area contributed by atoms with Gasteiger partial charge in [-0.15, -0.1) is 90.7 Å². The number of esters is 2. The number of unbranched alkanes of at least 4 members (excludes halogenated alkanes) is 21. The molecular weight excluding hydrogens is 1420 g/mol. The number of thiophene rings is 8. The third-order valence-corrected chi connectivity index (χ3v) is 28.3. The van der Waals surface area contributed by atoms with Gasteiger partial charge in [0.05, 0.1) is 82.5 Å². The highest BCUT2D eigenvalue weighted by Gasteiger charge is 2.31. The molecule has 9 nitrogen and oxygen atoms in total. The Balaban J connectivity index is 1.01. The molecule has 0 aliphatic rings. The number of carbonyl (C=O) groups is 3. The molecule has 0 atom stereocenters. The fraction of sp³-hybridized carbons (Fsp3) is 0.500. The topological polar surface area (TPSA) is 107 Å². The van der Waals surface area contributed by atoms with Crippen LogP contribution in [-0.2, 0) is 20.7 Å². The average Bonchev–Trinajstić information content (AvgIpc) is 1.58. The number of fused-ring (bicyclic) bond motifs is 6. The molecule has 8 heterocycles. The number of carbonyl (C=O) groups excluding carboxylic acids is 3. The van der Waals surface area contributed by atoms with Crippen LogP contribution in [0.25, 0.3) is 80.0 Å². The second kappa shape index (κ2) is 38.0. The Labute approximate surface area is 626 Å². The fourth-order valence-corrected chi connectivity index (χ4v) is 23.3. The number of ether oxygens (including phenoxy) is 6. The van der Waals surface area contributed by atoms with Crippen LogP contribution < -0.4 is 18.9 Å². The lowest BCUT2D eigenvalue weighted by Crippen LogP contribution is -2.08. The summed E-state index contributed by atoms with van der Waals surface area (Å²) in [5.41, 5.74) is 0.441. The van der Waals surface area contributed by atoms with Crippen LogP contribution in [0.3, 0.4) is 0 Å². The Hall–Kier alpha value is -5.51. The number of halogens is 2. The summed E-state index contributed by atoms with van der Waals surface area (Å²) < 4.78 is 75.9. The molecule has 0 spiro atoms. The number of benzene rings is 3. The Morgan fingerprint density at radius 2 is 0.881 bits per heavy atom. The highest BCUT2D eigenvalue weighted by atomic mass is 32.1. The zero-order valence-electron chi connectivity index (χ0n) is 59.9. The zero-order valence-corrected chi connectivity index (χ0v) is 66.5. The lowest BCUT2D eigenvalue weighted by Gasteiger charge is -2.14. The predicted molar refractivity (Wildman–Crippen MR) is 430 cm³/mol. The maximum Gasteiger partial charge on any atom is 0.351 e. The van der Waals surface area contributed by atoms with Crippen molar-refractivity contribution < 1.29 is 51.6 Å². The number of aryl methyl sites for hydroxylation is 2. The molecule has 0 radical (unpaired) electrons. The van der Waals surface area contributed by atoms with Gasteiger partial charge in [-0.2, -0.15) is 0 Å². The maximum absolute atomic E-state index is 16.6. The van der Waals surface area contributed by atoms with Crippen molar-refractivity contribution in [3.63, 3.8) is 0 Å². The summed E-state index contributed by atoms with van der Waals surface area (Å²) in [6, 6.07) is 17.0. The first-order valence-corrected chi connectivity index (χ1v) is 43.8. The van der Waals surface area contributed by atoms with E-state index in [1.807, 2.05) is 6.92 Å². The molecule has 0 aliphatic heterocycles. The normalized spacial score (nSPS) is 11.9. The molecule has 0 N–H and O–H groups in total. The highest BCUT2D eigenvalue weighted by Crippen LogP contribution is 2.57. The molecule has 101 heavy (non-hydrogen) atoms. The monoisotopic (exact) mass is 1520 g/mol. The van der Waals surface area contributed by atoms with Crippen LogP contribution >= 0.6 is 90.7 Å². The van der Waals surface area contributed by atoms with Gasteiger partial charge < -0.3 is 28.4 Å². The third-order valence-electron chi connectivity index (χ3n) is 18.6. The summed E-state index contributed by atoms with van der Waals surface area (Å²) in [5, 5.41) is 5.56. The number of ketones is 1. The Morgan fingerprint density at radius 3 is 1.41 bits per heavy atom. The van der Waals surface area contributed by atoms with Crippen LogP contribution in [0.15, 0.2) is 54.6 Å². The van der Waals surface area contributed by atoms with Gasteiger partial charge in [-0.25, -0.2) is 13.6 Å². The quantitative estimate of drug-likeness (QED) is 0.0209. The first kappa shape index (κ1) is 76.6. The van der Waals surface area contributed by atoms with Crippen LogP contribution in [0, 0.1) is 25.5 Å². The Morgan fingerprint density at radius 1 is 0.416 bits per heavy atom. The number of hydrogen-bond acceptors (Lipinski definition) is 17. The van der Waals surface area contributed by atoms with Crippen molar-refractivity contribution in [2.45, 2.75) is 228 Å². The van der Waals surface area contributed by atoms with Crippen molar-refractivity contribution in [3.05, 3.63) is 101 Å². The van der Waals surface area contributed by atoms with Crippen molar-refractivity contribution in [3.8, 4) is 42.5 Å². The van der Waals surface area contributed by atoms with E-state index in [2.05, 4.69) is 65.0 Å². The maximum atomic E-state index is 16.6. The molecule has 0 saturated heterocycles. The summed E-state index contributed by atoms with van der Waals surface area (Å²) >= 11 is 12.9. The van der Waals surface area contributed by atoms with E-state index in [9.17, 15) is 18.8 Å². The minimum Gasteiger partial charge on any atom is -0.491 e. The minimum atomic E-state index is -0.707. The van der Waals surface area contributed by atoms with Gasteiger partial charge in [-0.3, -0.25) is 9.59 Å². The summed E-state index contributed by atoms with van der Waals surface area (Å²) in [6.45, 7) is 17.6. The average molecular weight is 1520 g/mol. The lowest BCUT2D eigenvalue weighted by molar-refractivity contribution is -0.143. The van der Waals surface area contributed by atoms with Crippen molar-refractivity contribution >= 4 is 169 Å². The van der Waals surface area contributed by atoms with E-state index >= 15 is 4.39 Å². The largest absolute Gasteiger partial charge is 0.491 e. The number of rotatable bonds is 45. The molecule has 19 heteroatoms. The fourth-order valence-electron chi connectivity index (χ4n) is 13.3. The van der Waals surface area contributed by atoms with Gasteiger partial charge in [0.15, 0.2) is 5.82 Å². The third kappa shape index (κ3) is 18.8. The van der Waals surface area contributed by atoms with Gasteiger partial charge in [0.2, 0.25) is 5.78 Å². The lowest BCUT2D eigenvalue weighted by atomic mass is 10.1. The van der Waals surface area contributed by atoms with E-state index in [-0.39, 0.29) is 35.5 Å². The second-order valence-corrected chi connectivity index (χ2v) is 35.5. The zero-order chi connectivity index (χ0) is 70.8. The van der Waals surface area contributed by atoms with Crippen LogP contribution in [-0.4, -0.2) is 57.4 Å². The van der Waals surface area contributed by atoms with Gasteiger partial charge in [0, 0.05) is 80.0 Å². The van der Waals surface area contributed by atoms with Crippen molar-refractivity contribution in [1.82, 2.24) is 0 Å². The van der Waals surface area contributed by atoms with Crippen LogP contribution in [0.1, 0.15) is 252 Å². The van der Waals surface area contributed by atoms with E-state index in [4.69, 9.17) is 28.4 Å². The molecule has 0 aliphatic carbocycles. The molecule has 3 aromatic carbocycles. The molecule has 0 unspecified atom stereocenters. The standard InChI is InChI=1S/C82H98F2O9S8/c1-8-13-17-21-25-30-40-89-69-57-45-51(6)94-73(57)71(91-42-32-27-23-19-15-10-3)59-49-63(99-75(59)69)78-77-56(48-62(98-77)68(86)53-36-38-54(83)39-37-53)61(97-78)47-55-46-58-70(90-41-31-26-22-18-14-9-2)76-60(72(74(58)96-55)92-43-33-28-24-20-16-11-4)50-64(100-76)79-80-66(52(7)95-79)67(84)81(101-80)82(87)93-44-34-29-35-65(85)88-12-5/h36-39,45-46,48-50H,8-35,40-44,47H2,1-7H3. The smallest absolute Gasteiger partial charge is 0.351 e. The van der Waals surface area contributed by atoms with Crippen molar-refractivity contribution in [1.29, 1.82) is 0 Å². The van der Waals surface area contributed by atoms with Gasteiger partial charge >= 0.3 is 11.9 Å². The molecular formula is C82H98F2O9S8. The van der Waals surface area contributed by atoms with Crippen molar-refractivity contribution in [2.75, 3.05) is 39.6 Å². The summed E-state index contributed by atoms with van der Waals surface area (Å²) in [4.78, 5) is 49.0. The van der Waals surface area contributed by atoms with E-state index in [0.717, 1.165) is 183 Å². The molecule has 0 amide bonds. The second-order valence-electron chi connectivity index (χ2n) is 26.6. The minimum absolute atomic E-state index is 0.0553.